The Hall–Kier alpha value is -7.69. The third-order valence-electron chi connectivity index (χ3n) is 14.8. The Morgan fingerprint density at radius 2 is 0.941 bits per heavy atom. The largest absolute Gasteiger partial charge is 0.335 e. The van der Waals surface area contributed by atoms with Crippen molar-refractivity contribution in [2.24, 2.45) is 4.99 Å². The number of hydrogen-bond donors (Lipinski definition) is 0. The van der Waals surface area contributed by atoms with Crippen molar-refractivity contribution < 1.29 is 0 Å². The van der Waals surface area contributed by atoms with Crippen molar-refractivity contribution in [3.05, 3.63) is 251 Å². The van der Waals surface area contributed by atoms with Gasteiger partial charge >= 0.3 is 0 Å². The van der Waals surface area contributed by atoms with Crippen molar-refractivity contribution in [2.75, 3.05) is 11.9 Å². The molecule has 0 fully saturated rings. The minimum atomic E-state index is -0.577. The minimum absolute atomic E-state index is 0.0297. The molecule has 4 heteroatoms. The maximum Gasteiger partial charge on any atom is 0.203 e. The predicted molar refractivity (Wildman–Crippen MR) is 285 cm³/mol. The van der Waals surface area contributed by atoms with Crippen LogP contribution in [0.3, 0.4) is 0 Å². The van der Waals surface area contributed by atoms with Gasteiger partial charge < -0.3 is 14.4 Å². The number of rotatable bonds is 6. The monoisotopic (exact) mass is 880 g/mol. The van der Waals surface area contributed by atoms with Crippen molar-refractivity contribution in [1.82, 2.24) is 9.47 Å². The second kappa shape index (κ2) is 15.4. The lowest BCUT2D eigenvalue weighted by Crippen LogP contribution is -2.31. The van der Waals surface area contributed by atoms with E-state index in [-0.39, 0.29) is 10.8 Å². The van der Waals surface area contributed by atoms with Crippen molar-refractivity contribution in [1.29, 1.82) is 0 Å². The van der Waals surface area contributed by atoms with Crippen LogP contribution in [0.15, 0.2) is 211 Å². The molecule has 0 radical (unpaired) electrons. The molecule has 1 spiro atoms. The Bertz CT molecular complexity index is 3370. The Kier molecular flexibility index (Phi) is 9.47. The molecular formula is C64H56N4. The number of fused-ring (bicyclic) bond motifs is 12. The summed E-state index contributed by atoms with van der Waals surface area (Å²) < 4.78 is 2.56. The van der Waals surface area contributed by atoms with E-state index < -0.39 is 11.7 Å². The number of aliphatic imine (C=N–C) groups is 1. The fourth-order valence-electron chi connectivity index (χ4n) is 11.4. The van der Waals surface area contributed by atoms with Crippen LogP contribution in [0.2, 0.25) is 0 Å². The van der Waals surface area contributed by atoms with E-state index in [4.69, 9.17) is 4.99 Å². The first-order chi connectivity index (χ1) is 32.9. The molecule has 1 unspecified atom stereocenters. The molecule has 68 heavy (non-hydrogen) atoms. The SMILES string of the molecule is CN1C(c2ccccc2)=CC(c2ccccc2)=NC1n1c2c(c3cc(N(c4ccc(C(C)(C)C)cc4)c4ccc(C(C)(C)C)cc4)ccc31)C1(c3ccccc3-c3ccccc31)c1ccccc1-2. The molecule has 1 atom stereocenters. The van der Waals surface area contributed by atoms with Gasteiger partial charge in [0.2, 0.25) is 6.29 Å². The smallest absolute Gasteiger partial charge is 0.203 e. The fraction of sp³-hybridized carbons (Fsp3) is 0.172. The lowest BCUT2D eigenvalue weighted by atomic mass is 9.70. The van der Waals surface area contributed by atoms with E-state index in [1.807, 2.05) is 0 Å². The van der Waals surface area contributed by atoms with Crippen LogP contribution >= 0.6 is 0 Å². The summed E-state index contributed by atoms with van der Waals surface area (Å²) in [7, 11) is 2.21. The van der Waals surface area contributed by atoms with E-state index in [1.54, 1.807) is 0 Å². The number of hydrogen-bond acceptors (Lipinski definition) is 3. The van der Waals surface area contributed by atoms with Gasteiger partial charge in [0.1, 0.15) is 0 Å². The zero-order valence-electron chi connectivity index (χ0n) is 40.0. The van der Waals surface area contributed by atoms with Crippen LogP contribution in [0.1, 0.15) is 92.3 Å². The average Bonchev–Trinajstić information content (AvgIpc) is 3.96. The lowest BCUT2D eigenvalue weighted by molar-refractivity contribution is 0.278. The summed E-state index contributed by atoms with van der Waals surface area (Å²) >= 11 is 0. The third kappa shape index (κ3) is 6.30. The summed E-state index contributed by atoms with van der Waals surface area (Å²) in [5.41, 5.74) is 21.2. The number of anilines is 3. The highest BCUT2D eigenvalue weighted by atomic mass is 15.4. The van der Waals surface area contributed by atoms with Gasteiger partial charge in [0.25, 0.3) is 0 Å². The molecular weight excluding hydrogens is 825 g/mol. The zero-order valence-corrected chi connectivity index (χ0v) is 40.0. The summed E-state index contributed by atoms with van der Waals surface area (Å²) in [5.74, 6) is 0. The quantitative estimate of drug-likeness (QED) is 0.166. The number of nitrogens with zero attached hydrogens (tertiary/aromatic N) is 4. The molecule has 3 aliphatic rings. The number of benzene rings is 8. The van der Waals surface area contributed by atoms with E-state index in [2.05, 4.69) is 269 Å². The first kappa shape index (κ1) is 41.7. The van der Waals surface area contributed by atoms with E-state index in [0.29, 0.717) is 0 Å². The summed E-state index contributed by atoms with van der Waals surface area (Å²) in [6.45, 7) is 13.7. The van der Waals surface area contributed by atoms with Crippen LogP contribution in [-0.2, 0) is 16.2 Å². The van der Waals surface area contributed by atoms with Crippen molar-refractivity contribution >= 4 is 39.4 Å². The molecule has 1 aliphatic heterocycles. The molecule has 0 saturated carbocycles. The Morgan fingerprint density at radius 1 is 0.485 bits per heavy atom. The van der Waals surface area contributed by atoms with Crippen LogP contribution < -0.4 is 4.90 Å². The van der Waals surface area contributed by atoms with Gasteiger partial charge in [-0.25, -0.2) is 4.99 Å². The summed E-state index contributed by atoms with van der Waals surface area (Å²) in [4.78, 5) is 10.6. The van der Waals surface area contributed by atoms with E-state index in [9.17, 15) is 0 Å². The first-order valence-electron chi connectivity index (χ1n) is 24.0. The highest BCUT2D eigenvalue weighted by molar-refractivity contribution is 6.13. The van der Waals surface area contributed by atoms with Gasteiger partial charge in [0, 0.05) is 46.3 Å². The first-order valence-corrected chi connectivity index (χ1v) is 24.0. The van der Waals surface area contributed by atoms with Gasteiger partial charge in [-0.2, -0.15) is 0 Å². The molecule has 12 rings (SSSR count). The lowest BCUT2D eigenvalue weighted by Gasteiger charge is -2.35. The highest BCUT2D eigenvalue weighted by Crippen LogP contribution is 2.65. The Morgan fingerprint density at radius 3 is 1.47 bits per heavy atom. The van der Waals surface area contributed by atoms with E-state index in [1.165, 1.54) is 61.2 Å². The molecule has 0 N–H and O–H groups in total. The van der Waals surface area contributed by atoms with Gasteiger partial charge in [-0.15, -0.1) is 0 Å². The molecule has 8 aromatic carbocycles. The van der Waals surface area contributed by atoms with E-state index in [0.717, 1.165) is 45.1 Å². The second-order valence-corrected chi connectivity index (χ2v) is 20.8. The minimum Gasteiger partial charge on any atom is -0.335 e. The van der Waals surface area contributed by atoms with Gasteiger partial charge in [0.15, 0.2) is 0 Å². The Balaban J connectivity index is 1.18. The fourth-order valence-corrected chi connectivity index (χ4v) is 11.4. The third-order valence-corrected chi connectivity index (χ3v) is 14.8. The second-order valence-electron chi connectivity index (χ2n) is 20.8. The predicted octanol–water partition coefficient (Wildman–Crippen LogP) is 16.0. The van der Waals surface area contributed by atoms with Gasteiger partial charge in [-0.1, -0.05) is 199 Å². The van der Waals surface area contributed by atoms with Gasteiger partial charge in [-0.05, 0) is 109 Å². The van der Waals surface area contributed by atoms with Gasteiger partial charge in [-0.3, -0.25) is 0 Å². The summed E-state index contributed by atoms with van der Waals surface area (Å²) in [5, 5.41) is 1.21. The van der Waals surface area contributed by atoms with Crippen LogP contribution in [0.4, 0.5) is 17.1 Å². The zero-order chi connectivity index (χ0) is 46.5. The summed E-state index contributed by atoms with van der Waals surface area (Å²) in [6.07, 6.45) is 1.85. The topological polar surface area (TPSA) is 23.8 Å². The number of aromatic nitrogens is 1. The van der Waals surface area contributed by atoms with Crippen molar-refractivity contribution in [3.63, 3.8) is 0 Å². The van der Waals surface area contributed by atoms with Crippen LogP contribution in [0.5, 0.6) is 0 Å². The molecule has 0 amide bonds. The average molecular weight is 881 g/mol. The maximum absolute atomic E-state index is 5.78. The van der Waals surface area contributed by atoms with Gasteiger partial charge in [0.05, 0.1) is 22.3 Å². The molecule has 0 bridgehead atoms. The van der Waals surface area contributed by atoms with Crippen LogP contribution in [0, 0.1) is 0 Å². The molecule has 332 valence electrons. The Labute approximate surface area is 401 Å². The van der Waals surface area contributed by atoms with E-state index >= 15 is 0 Å². The van der Waals surface area contributed by atoms with Crippen LogP contribution in [0.25, 0.3) is 39.0 Å². The molecule has 0 saturated heterocycles. The maximum atomic E-state index is 5.78. The normalized spacial score (nSPS) is 15.7. The highest BCUT2D eigenvalue weighted by Gasteiger charge is 2.54. The molecule has 2 heterocycles. The standard InChI is InChI=1S/C64H56N4/c1-62(2,3)44-30-34-46(35-31-44)67(47-36-32-45(33-37-47)63(4,5)6)48-38-39-57-52(40-48)59-60(51-26-16-19-29-55(51)64(59)53-27-17-14-24-49(53)50-25-15-18-28-54(50)64)68(57)61-65-56(42-20-10-8-11-21-42)41-58(66(61)7)43-22-12-9-13-23-43/h8-41,61H,1-7H3. The molecule has 9 aromatic rings. The van der Waals surface area contributed by atoms with Crippen molar-refractivity contribution in [2.45, 2.75) is 64.1 Å². The molecule has 1 aromatic heterocycles. The summed E-state index contributed by atoms with van der Waals surface area (Å²) in [6, 6.07) is 74.4. The van der Waals surface area contributed by atoms with Crippen molar-refractivity contribution in [3.8, 4) is 22.4 Å². The number of allylic oxidation sites excluding steroid dienone is 1. The van der Waals surface area contributed by atoms with Crippen LogP contribution in [-0.4, -0.2) is 22.2 Å². The molecule has 4 nitrogen and oxygen atoms in total. The molecule has 2 aliphatic carbocycles.